The summed E-state index contributed by atoms with van der Waals surface area (Å²) in [5.74, 6) is 0.139. The highest BCUT2D eigenvalue weighted by Crippen LogP contribution is 2.49. The monoisotopic (exact) mass is 646 g/mol. The minimum atomic E-state index is -4.84. The summed E-state index contributed by atoms with van der Waals surface area (Å²) in [4.78, 5) is 13.8. The van der Waals surface area contributed by atoms with Crippen molar-refractivity contribution in [3.63, 3.8) is 0 Å². The van der Waals surface area contributed by atoms with Gasteiger partial charge in [-0.15, -0.1) is 13.2 Å². The molecule has 0 saturated heterocycles. The van der Waals surface area contributed by atoms with E-state index in [1.165, 1.54) is 6.07 Å². The Morgan fingerprint density at radius 2 is 1.43 bits per heavy atom. The second-order valence-corrected chi connectivity index (χ2v) is 16.0. The second-order valence-electron chi connectivity index (χ2n) is 16.0. The van der Waals surface area contributed by atoms with Gasteiger partial charge in [0.05, 0.1) is 11.0 Å². The highest BCUT2D eigenvalue weighted by atomic mass is 19.4. The molecule has 0 saturated carbocycles. The van der Waals surface area contributed by atoms with Crippen LogP contribution in [0.25, 0.3) is 22.3 Å². The number of rotatable bonds is 12. The zero-order valence-corrected chi connectivity index (χ0v) is 29.8. The van der Waals surface area contributed by atoms with Crippen LogP contribution in [0.1, 0.15) is 114 Å². The fraction of sp³-hybridized carbons (Fsp3) is 0.605. The minimum absolute atomic E-state index is 0.0924. The van der Waals surface area contributed by atoms with Crippen molar-refractivity contribution in [2.75, 3.05) is 0 Å². The number of hydrogen-bond acceptors (Lipinski definition) is 5. The number of ether oxygens (including phenoxy) is 3. The lowest BCUT2D eigenvalue weighted by atomic mass is 9.61. The maximum atomic E-state index is 13.8. The van der Waals surface area contributed by atoms with E-state index in [1.807, 2.05) is 40.7 Å². The maximum Gasteiger partial charge on any atom is 0.573 e. The highest BCUT2D eigenvalue weighted by Gasteiger charge is 2.52. The molecule has 0 bridgehead atoms. The lowest BCUT2D eigenvalue weighted by molar-refractivity contribution is -0.274. The summed E-state index contributed by atoms with van der Waals surface area (Å²) in [5.41, 5.74) is -1.76. The van der Waals surface area contributed by atoms with Gasteiger partial charge in [0.25, 0.3) is 0 Å². The number of aryl methyl sites for hydroxylation is 1. The molecule has 0 aliphatic heterocycles. The van der Waals surface area contributed by atoms with Crippen LogP contribution < -0.4 is 9.47 Å². The van der Waals surface area contributed by atoms with E-state index in [0.29, 0.717) is 29.6 Å². The first-order chi connectivity index (χ1) is 20.9. The number of fused-ring (bicyclic) bond motifs is 1. The topological polar surface area (TPSA) is 57.9 Å². The van der Waals surface area contributed by atoms with E-state index in [2.05, 4.69) is 53.2 Å². The van der Waals surface area contributed by atoms with Crippen molar-refractivity contribution < 1.29 is 36.6 Å². The van der Waals surface area contributed by atoms with Gasteiger partial charge < -0.3 is 18.6 Å². The van der Waals surface area contributed by atoms with Crippen molar-refractivity contribution in [3.05, 3.63) is 48.0 Å². The number of esters is 1. The van der Waals surface area contributed by atoms with Crippen LogP contribution >= 0.6 is 0 Å². The largest absolute Gasteiger partial charge is 0.573 e. The standard InChI is InChI=1S/C38H53F3O5/c1-13-14-15-16-25-17-20-28(31(21-25)45-38(39,40)41)30-22-26-18-19-27(23-29(26)43-30)44-35(8,9)36(10,11)46-32(42)37(12,34(5,6)7)24-33(2,3)4/h17-23H,13-16,24H2,1-12H3. The second kappa shape index (κ2) is 13.2. The SMILES string of the molecule is CCCCCc1ccc(-c2cc3ccc(OC(C)(C)C(C)(C)OC(=O)C(C)(CC(C)(C)C)C(C)(C)C)cc3o2)c(OC(F)(F)F)c1. The molecule has 0 fully saturated rings. The Kier molecular flexibility index (Phi) is 10.7. The highest BCUT2D eigenvalue weighted by molar-refractivity contribution is 5.85. The summed E-state index contributed by atoms with van der Waals surface area (Å²) >= 11 is 0. The number of benzene rings is 2. The molecule has 0 aliphatic carbocycles. The lowest BCUT2D eigenvalue weighted by Crippen LogP contribution is -2.55. The third kappa shape index (κ3) is 9.01. The Balaban J connectivity index is 1.90. The van der Waals surface area contributed by atoms with Gasteiger partial charge in [0.15, 0.2) is 0 Å². The summed E-state index contributed by atoms with van der Waals surface area (Å²) in [6.07, 6.45) is -0.639. The Hall–Kier alpha value is -3.16. The summed E-state index contributed by atoms with van der Waals surface area (Å²) in [7, 11) is 0. The predicted octanol–water partition coefficient (Wildman–Crippen LogP) is 11.7. The Bertz CT molecular complexity index is 1500. The van der Waals surface area contributed by atoms with Gasteiger partial charge in [-0.05, 0) is 101 Å². The zero-order valence-electron chi connectivity index (χ0n) is 29.8. The van der Waals surface area contributed by atoms with Crippen molar-refractivity contribution in [3.8, 4) is 22.8 Å². The van der Waals surface area contributed by atoms with E-state index < -0.39 is 23.0 Å². The van der Waals surface area contributed by atoms with Crippen LogP contribution in [0, 0.1) is 16.2 Å². The van der Waals surface area contributed by atoms with Crippen LogP contribution in [0.15, 0.2) is 46.9 Å². The number of alkyl halides is 3. The average molecular weight is 647 g/mol. The van der Waals surface area contributed by atoms with Gasteiger partial charge in [-0.2, -0.15) is 0 Å². The van der Waals surface area contributed by atoms with Crippen molar-refractivity contribution in [1.82, 2.24) is 0 Å². The number of furan rings is 1. The van der Waals surface area contributed by atoms with Crippen LogP contribution in [0.2, 0.25) is 0 Å². The van der Waals surface area contributed by atoms with Crippen molar-refractivity contribution >= 4 is 16.9 Å². The molecular weight excluding hydrogens is 593 g/mol. The number of hydrogen-bond donors (Lipinski definition) is 0. The summed E-state index contributed by atoms with van der Waals surface area (Å²) < 4.78 is 63.3. The van der Waals surface area contributed by atoms with Crippen molar-refractivity contribution in [2.45, 2.75) is 133 Å². The average Bonchev–Trinajstić information content (AvgIpc) is 3.29. The molecular formula is C38H53F3O5. The lowest BCUT2D eigenvalue weighted by Gasteiger charge is -2.47. The van der Waals surface area contributed by atoms with E-state index >= 15 is 0 Å². The fourth-order valence-corrected chi connectivity index (χ4v) is 5.51. The fourth-order valence-electron chi connectivity index (χ4n) is 5.51. The van der Waals surface area contributed by atoms with Crippen molar-refractivity contribution in [2.24, 2.45) is 16.2 Å². The Labute approximate surface area is 273 Å². The molecule has 3 rings (SSSR count). The molecule has 1 atom stereocenters. The van der Waals surface area contributed by atoms with Crippen LogP contribution in [-0.2, 0) is 16.0 Å². The first kappa shape index (κ1) is 37.3. The van der Waals surface area contributed by atoms with Crippen LogP contribution in [0.4, 0.5) is 13.2 Å². The molecule has 0 aliphatic rings. The number of unbranched alkanes of at least 4 members (excludes halogenated alkanes) is 2. The minimum Gasteiger partial charge on any atom is -0.484 e. The summed E-state index contributed by atoms with van der Waals surface area (Å²) in [5, 5.41) is 0.693. The first-order valence-electron chi connectivity index (χ1n) is 16.2. The van der Waals surface area contributed by atoms with Crippen molar-refractivity contribution in [1.29, 1.82) is 0 Å². The molecule has 5 nitrogen and oxygen atoms in total. The molecule has 3 aromatic rings. The van der Waals surface area contributed by atoms with Gasteiger partial charge in [0.1, 0.15) is 34.0 Å². The van der Waals surface area contributed by atoms with Crippen LogP contribution in [0.5, 0.6) is 11.5 Å². The zero-order chi connectivity index (χ0) is 34.9. The quantitative estimate of drug-likeness (QED) is 0.145. The Morgan fingerprint density at radius 3 is 2.00 bits per heavy atom. The first-order valence-corrected chi connectivity index (χ1v) is 16.2. The molecule has 0 amide bonds. The predicted molar refractivity (Wildman–Crippen MR) is 178 cm³/mol. The van der Waals surface area contributed by atoms with Gasteiger partial charge in [-0.3, -0.25) is 4.79 Å². The van der Waals surface area contributed by atoms with E-state index in [1.54, 1.807) is 30.3 Å². The van der Waals surface area contributed by atoms with Gasteiger partial charge in [-0.25, -0.2) is 0 Å². The molecule has 1 aromatic heterocycles. The molecule has 1 heterocycles. The van der Waals surface area contributed by atoms with E-state index in [-0.39, 0.29) is 33.9 Å². The van der Waals surface area contributed by atoms with Crippen LogP contribution in [0.3, 0.4) is 0 Å². The molecule has 0 N–H and O–H groups in total. The molecule has 0 spiro atoms. The molecule has 0 radical (unpaired) electrons. The van der Waals surface area contributed by atoms with E-state index in [0.717, 1.165) is 24.8 Å². The number of halogens is 3. The molecule has 46 heavy (non-hydrogen) atoms. The van der Waals surface area contributed by atoms with Gasteiger partial charge in [-0.1, -0.05) is 67.4 Å². The molecule has 1 unspecified atom stereocenters. The van der Waals surface area contributed by atoms with E-state index in [4.69, 9.17) is 13.9 Å². The number of carbonyl (C=O) groups excluding carboxylic acids is 1. The van der Waals surface area contributed by atoms with Gasteiger partial charge in [0, 0.05) is 11.5 Å². The van der Waals surface area contributed by atoms with Gasteiger partial charge >= 0.3 is 12.3 Å². The molecule has 8 heteroatoms. The third-order valence-corrected chi connectivity index (χ3v) is 9.26. The van der Waals surface area contributed by atoms with Crippen LogP contribution in [-0.4, -0.2) is 23.5 Å². The Morgan fingerprint density at radius 1 is 0.783 bits per heavy atom. The maximum absolute atomic E-state index is 13.8. The summed E-state index contributed by atoms with van der Waals surface area (Å²) in [6.45, 7) is 24.0. The normalized spacial score (nSPS) is 14.7. The third-order valence-electron chi connectivity index (χ3n) is 9.26. The molecule has 2 aromatic carbocycles. The number of carbonyl (C=O) groups is 1. The smallest absolute Gasteiger partial charge is 0.484 e. The van der Waals surface area contributed by atoms with Gasteiger partial charge in [0.2, 0.25) is 0 Å². The molecule has 256 valence electrons. The summed E-state index contributed by atoms with van der Waals surface area (Å²) in [6, 6.07) is 11.8. The van der Waals surface area contributed by atoms with E-state index in [9.17, 15) is 18.0 Å².